The van der Waals surface area contributed by atoms with Gasteiger partial charge in [0, 0.05) is 17.6 Å². The van der Waals surface area contributed by atoms with Crippen LogP contribution in [0.3, 0.4) is 0 Å². The fraction of sp³-hybridized carbons (Fsp3) is 0.125. The van der Waals surface area contributed by atoms with Gasteiger partial charge in [-0.15, -0.1) is 0 Å². The van der Waals surface area contributed by atoms with Crippen LogP contribution in [0.15, 0.2) is 16.7 Å². The number of hydrogen-bond donors (Lipinski definition) is 1. The van der Waals surface area contributed by atoms with Crippen molar-refractivity contribution in [1.29, 1.82) is 0 Å². The van der Waals surface area contributed by atoms with Gasteiger partial charge < -0.3 is 4.98 Å². The van der Waals surface area contributed by atoms with E-state index in [4.69, 9.17) is 0 Å². The molecule has 0 aromatic carbocycles. The van der Waals surface area contributed by atoms with Crippen LogP contribution >= 0.6 is 15.9 Å². The fourth-order valence-corrected chi connectivity index (χ4v) is 1.37. The average molecular weight is 240 g/mol. The van der Waals surface area contributed by atoms with Gasteiger partial charge in [-0.05, 0) is 22.0 Å². The van der Waals surface area contributed by atoms with Gasteiger partial charge in [-0.25, -0.2) is 9.97 Å². The summed E-state index contributed by atoms with van der Waals surface area (Å²) in [5.74, 6) is 0.259. The maximum atomic E-state index is 11.0. The van der Waals surface area contributed by atoms with E-state index in [9.17, 15) is 4.79 Å². The molecule has 2 heterocycles. The minimum absolute atomic E-state index is 0.0888. The van der Waals surface area contributed by atoms with Gasteiger partial charge in [0.05, 0.1) is 5.52 Å². The second kappa shape index (κ2) is 2.92. The Labute approximate surface area is 82.5 Å². The number of hydrogen-bond acceptors (Lipinski definition) is 3. The van der Waals surface area contributed by atoms with Crippen molar-refractivity contribution >= 4 is 32.9 Å². The van der Waals surface area contributed by atoms with Crippen molar-refractivity contribution in [2.24, 2.45) is 0 Å². The van der Waals surface area contributed by atoms with Gasteiger partial charge >= 0.3 is 0 Å². The number of halogens is 1. The highest BCUT2D eigenvalue weighted by molar-refractivity contribution is 9.10. The summed E-state index contributed by atoms with van der Waals surface area (Å²) in [5.41, 5.74) is 1.33. The Morgan fingerprint density at radius 1 is 1.62 bits per heavy atom. The van der Waals surface area contributed by atoms with Crippen LogP contribution in [0.25, 0.3) is 11.2 Å². The zero-order valence-electron chi connectivity index (χ0n) is 6.84. The predicted molar refractivity (Wildman–Crippen MR) is 51.6 cm³/mol. The molecule has 2 rings (SSSR count). The molecule has 0 radical (unpaired) electrons. The highest BCUT2D eigenvalue weighted by Gasteiger charge is 2.07. The Bertz CT molecular complexity index is 477. The predicted octanol–water partition coefficient (Wildman–Crippen LogP) is 1.92. The first-order valence-corrected chi connectivity index (χ1v) is 4.48. The average Bonchev–Trinajstić information content (AvgIpc) is 2.46. The van der Waals surface area contributed by atoms with Gasteiger partial charge in [-0.1, -0.05) is 0 Å². The third-order valence-corrected chi connectivity index (χ3v) is 2.07. The number of Topliss-reactive ketones (excluding diaryl/α,β-unsaturated/α-hetero) is 1. The molecule has 0 spiro atoms. The molecule has 5 heteroatoms. The number of nitrogens with one attached hydrogen (secondary N) is 1. The Balaban J connectivity index is 2.68. The number of nitrogens with zero attached hydrogens (tertiary/aromatic N) is 2. The van der Waals surface area contributed by atoms with E-state index in [1.54, 1.807) is 6.20 Å². The minimum atomic E-state index is -0.0888. The van der Waals surface area contributed by atoms with Crippen molar-refractivity contribution in [3.63, 3.8) is 0 Å². The van der Waals surface area contributed by atoms with Crippen LogP contribution in [0, 0.1) is 0 Å². The number of carbonyl (C=O) groups excluding carboxylic acids is 1. The molecule has 0 fully saturated rings. The Kier molecular flexibility index (Phi) is 1.88. The number of rotatable bonds is 1. The molecular formula is C8H6BrN3O. The van der Waals surface area contributed by atoms with Gasteiger partial charge in [-0.2, -0.15) is 0 Å². The second-order valence-corrected chi connectivity index (χ2v) is 3.58. The monoisotopic (exact) mass is 239 g/mol. The van der Waals surface area contributed by atoms with Crippen molar-refractivity contribution < 1.29 is 4.79 Å². The van der Waals surface area contributed by atoms with E-state index in [1.807, 2.05) is 6.07 Å². The van der Waals surface area contributed by atoms with Crippen LogP contribution in [0.4, 0.5) is 0 Å². The van der Waals surface area contributed by atoms with Gasteiger partial charge in [0.2, 0.25) is 0 Å². The van der Waals surface area contributed by atoms with E-state index in [0.29, 0.717) is 11.5 Å². The van der Waals surface area contributed by atoms with E-state index in [-0.39, 0.29) is 5.78 Å². The lowest BCUT2D eigenvalue weighted by Crippen LogP contribution is -1.93. The van der Waals surface area contributed by atoms with Crippen molar-refractivity contribution in [2.45, 2.75) is 6.92 Å². The number of ketones is 1. The number of H-pyrrole nitrogens is 1. The summed E-state index contributed by atoms with van der Waals surface area (Å²) in [7, 11) is 0. The van der Waals surface area contributed by atoms with Crippen LogP contribution in [-0.4, -0.2) is 20.7 Å². The Hall–Kier alpha value is -1.23. The van der Waals surface area contributed by atoms with Crippen molar-refractivity contribution in [3.8, 4) is 0 Å². The SMILES string of the molecule is CC(=O)c1nc2ncc(Br)cc2[nH]1. The first-order chi connectivity index (χ1) is 6.16. The summed E-state index contributed by atoms with van der Waals surface area (Å²) in [5, 5.41) is 0. The van der Waals surface area contributed by atoms with Gasteiger partial charge in [0.25, 0.3) is 0 Å². The first-order valence-electron chi connectivity index (χ1n) is 3.69. The molecule has 0 atom stereocenters. The molecule has 0 aliphatic heterocycles. The zero-order valence-corrected chi connectivity index (χ0v) is 8.42. The van der Waals surface area contributed by atoms with E-state index < -0.39 is 0 Å². The molecule has 2 aromatic rings. The largest absolute Gasteiger partial charge is 0.334 e. The molecule has 0 saturated heterocycles. The molecule has 13 heavy (non-hydrogen) atoms. The quantitative estimate of drug-likeness (QED) is 0.774. The molecule has 0 unspecified atom stereocenters. The summed E-state index contributed by atoms with van der Waals surface area (Å²) in [4.78, 5) is 21.9. The smallest absolute Gasteiger partial charge is 0.195 e. The van der Waals surface area contributed by atoms with E-state index in [1.165, 1.54) is 6.92 Å². The number of fused-ring (bicyclic) bond motifs is 1. The van der Waals surface area contributed by atoms with E-state index in [2.05, 4.69) is 30.9 Å². The third-order valence-electron chi connectivity index (χ3n) is 1.64. The maximum absolute atomic E-state index is 11.0. The topological polar surface area (TPSA) is 58.6 Å². The summed E-state index contributed by atoms with van der Waals surface area (Å²) in [6, 6.07) is 1.84. The van der Waals surface area contributed by atoms with E-state index >= 15 is 0 Å². The van der Waals surface area contributed by atoms with Crippen molar-refractivity contribution in [1.82, 2.24) is 15.0 Å². The van der Waals surface area contributed by atoms with Gasteiger partial charge in [0.1, 0.15) is 0 Å². The second-order valence-electron chi connectivity index (χ2n) is 2.67. The lowest BCUT2D eigenvalue weighted by molar-refractivity contribution is 0.100. The third kappa shape index (κ3) is 1.47. The summed E-state index contributed by atoms with van der Waals surface area (Å²) in [6.45, 7) is 1.47. The van der Waals surface area contributed by atoms with Crippen LogP contribution in [0.5, 0.6) is 0 Å². The van der Waals surface area contributed by atoms with Crippen LogP contribution in [0.1, 0.15) is 17.5 Å². The molecule has 0 amide bonds. The highest BCUT2D eigenvalue weighted by atomic mass is 79.9. The van der Waals surface area contributed by atoms with Gasteiger partial charge in [0.15, 0.2) is 17.3 Å². The molecular weight excluding hydrogens is 234 g/mol. The molecule has 4 nitrogen and oxygen atoms in total. The summed E-state index contributed by atoms with van der Waals surface area (Å²) >= 11 is 3.28. The Morgan fingerprint density at radius 3 is 3.08 bits per heavy atom. The Morgan fingerprint density at radius 2 is 2.38 bits per heavy atom. The molecule has 0 bridgehead atoms. The molecule has 2 aromatic heterocycles. The maximum Gasteiger partial charge on any atom is 0.195 e. The molecule has 0 aliphatic carbocycles. The fourth-order valence-electron chi connectivity index (χ4n) is 1.04. The molecule has 0 saturated carbocycles. The summed E-state index contributed by atoms with van der Waals surface area (Å²) < 4.78 is 0.860. The van der Waals surface area contributed by atoms with Gasteiger partial charge in [-0.3, -0.25) is 4.79 Å². The zero-order chi connectivity index (χ0) is 9.42. The molecule has 1 N–H and O–H groups in total. The number of pyridine rings is 1. The number of imidazole rings is 1. The first kappa shape index (κ1) is 8.37. The minimum Gasteiger partial charge on any atom is -0.334 e. The van der Waals surface area contributed by atoms with Crippen molar-refractivity contribution in [3.05, 3.63) is 22.6 Å². The van der Waals surface area contributed by atoms with Crippen LogP contribution in [0.2, 0.25) is 0 Å². The number of aromatic amines is 1. The lowest BCUT2D eigenvalue weighted by Gasteiger charge is -1.86. The molecule has 66 valence electrons. The number of aromatic nitrogens is 3. The lowest BCUT2D eigenvalue weighted by atomic mass is 10.4. The van der Waals surface area contributed by atoms with Crippen LogP contribution in [-0.2, 0) is 0 Å². The van der Waals surface area contributed by atoms with Crippen LogP contribution < -0.4 is 0 Å². The molecule has 0 aliphatic rings. The van der Waals surface area contributed by atoms with E-state index in [0.717, 1.165) is 9.99 Å². The standard InChI is InChI=1S/C8H6BrN3O/c1-4(13)7-11-6-2-5(9)3-10-8(6)12-7/h2-3H,1H3,(H,10,11,12). The normalized spacial score (nSPS) is 10.6. The summed E-state index contributed by atoms with van der Waals surface area (Å²) in [6.07, 6.45) is 1.65. The highest BCUT2D eigenvalue weighted by Crippen LogP contribution is 2.14. The van der Waals surface area contributed by atoms with Crippen molar-refractivity contribution in [2.75, 3.05) is 0 Å². The number of carbonyl (C=O) groups is 1.